The topological polar surface area (TPSA) is 112 Å². The molecule has 0 radical (unpaired) electrons. The number of hydrogen-bond donors (Lipinski definition) is 2. The number of rotatable bonds is 10. The Morgan fingerprint density at radius 2 is 1.84 bits per heavy atom. The summed E-state index contributed by atoms with van der Waals surface area (Å²) < 4.78 is 23.9. The Bertz CT molecular complexity index is 1310. The minimum Gasteiger partial charge on any atom is -0.414 e. The zero-order valence-corrected chi connectivity index (χ0v) is 21.4. The van der Waals surface area contributed by atoms with Crippen molar-refractivity contribution >= 4 is 17.6 Å². The van der Waals surface area contributed by atoms with E-state index in [2.05, 4.69) is 25.5 Å². The lowest BCUT2D eigenvalue weighted by molar-refractivity contribution is 0.190. The van der Waals surface area contributed by atoms with E-state index in [1.165, 1.54) is 5.56 Å². The molecule has 1 aliphatic rings. The van der Waals surface area contributed by atoms with Gasteiger partial charge in [-0.3, -0.25) is 4.39 Å². The highest BCUT2D eigenvalue weighted by molar-refractivity contribution is 7.99. The van der Waals surface area contributed by atoms with E-state index >= 15 is 0 Å². The Kier molecular flexibility index (Phi) is 8.08. The molecule has 3 heterocycles. The van der Waals surface area contributed by atoms with Gasteiger partial charge in [-0.25, -0.2) is 9.97 Å². The number of benzene rings is 2. The molecule has 0 bridgehead atoms. The highest BCUT2D eigenvalue weighted by Gasteiger charge is 2.18. The van der Waals surface area contributed by atoms with Gasteiger partial charge in [0.1, 0.15) is 0 Å². The van der Waals surface area contributed by atoms with E-state index in [0.29, 0.717) is 29.7 Å². The molecule has 3 N–H and O–H groups in total. The number of nitrogens with one attached hydrogen (secondary N) is 1. The number of nitrogens with zero attached hydrogens (tertiary/aromatic N) is 4. The van der Waals surface area contributed by atoms with Crippen LogP contribution in [-0.4, -0.2) is 51.3 Å². The Labute approximate surface area is 219 Å². The SMILES string of the molecule is CC(CCF)Sc1ccc(-c2cnc(N)c(-c3nnc(-c4ccc(CNC5CCOC5)cc4)o3)n2)cc1. The molecule has 2 aromatic carbocycles. The fraction of sp³-hybridized carbons (Fsp3) is 0.333. The summed E-state index contributed by atoms with van der Waals surface area (Å²) in [6, 6.07) is 16.3. The molecule has 37 heavy (non-hydrogen) atoms. The minimum atomic E-state index is -0.313. The number of aromatic nitrogens is 4. The monoisotopic (exact) mass is 520 g/mol. The zero-order chi connectivity index (χ0) is 25.6. The van der Waals surface area contributed by atoms with E-state index in [1.54, 1.807) is 18.0 Å². The van der Waals surface area contributed by atoms with Crippen molar-refractivity contribution < 1.29 is 13.5 Å². The van der Waals surface area contributed by atoms with Gasteiger partial charge in [0.2, 0.25) is 5.89 Å². The average Bonchev–Trinajstić information content (AvgIpc) is 3.62. The summed E-state index contributed by atoms with van der Waals surface area (Å²) >= 11 is 1.65. The Morgan fingerprint density at radius 1 is 1.08 bits per heavy atom. The number of hydrogen-bond acceptors (Lipinski definition) is 9. The molecule has 0 amide bonds. The number of ether oxygens (including phenoxy) is 1. The van der Waals surface area contributed by atoms with Crippen molar-refractivity contribution in [2.75, 3.05) is 25.6 Å². The van der Waals surface area contributed by atoms with Crippen LogP contribution in [0.15, 0.2) is 64.0 Å². The molecule has 0 saturated carbocycles. The van der Waals surface area contributed by atoms with Crippen molar-refractivity contribution in [3.8, 4) is 34.3 Å². The Balaban J connectivity index is 1.29. The van der Waals surface area contributed by atoms with Crippen LogP contribution in [0.25, 0.3) is 34.3 Å². The van der Waals surface area contributed by atoms with Crippen LogP contribution >= 0.6 is 11.8 Å². The van der Waals surface area contributed by atoms with Gasteiger partial charge in [-0.05, 0) is 42.7 Å². The zero-order valence-electron chi connectivity index (χ0n) is 20.6. The summed E-state index contributed by atoms with van der Waals surface area (Å²) in [5.41, 5.74) is 9.94. The van der Waals surface area contributed by atoms with Crippen LogP contribution in [0.5, 0.6) is 0 Å². The van der Waals surface area contributed by atoms with Gasteiger partial charge in [0.05, 0.1) is 25.2 Å². The quantitative estimate of drug-likeness (QED) is 0.274. The molecule has 1 aliphatic heterocycles. The number of halogens is 1. The first kappa shape index (κ1) is 25.3. The standard InChI is InChI=1S/C27H29FN6O2S/c1-17(10-12-28)37-22-8-6-19(7-9-22)23-15-31-25(29)24(32-23)27-34-33-26(36-27)20-4-2-18(3-5-20)14-30-21-11-13-35-16-21/h2-9,15,17,21,30H,10-14,16H2,1H3,(H2,29,31). The number of thioether (sulfide) groups is 1. The normalized spacial score (nSPS) is 16.2. The Morgan fingerprint density at radius 3 is 2.57 bits per heavy atom. The summed E-state index contributed by atoms with van der Waals surface area (Å²) in [6.45, 7) is 4.07. The average molecular weight is 521 g/mol. The van der Waals surface area contributed by atoms with Crippen molar-refractivity contribution in [2.45, 2.75) is 42.5 Å². The van der Waals surface area contributed by atoms with Gasteiger partial charge in [-0.2, -0.15) is 0 Å². The third kappa shape index (κ3) is 6.33. The number of alkyl halides is 1. The molecule has 1 fully saturated rings. The second-order valence-corrected chi connectivity index (χ2v) is 10.5. The van der Waals surface area contributed by atoms with E-state index in [9.17, 15) is 4.39 Å². The summed E-state index contributed by atoms with van der Waals surface area (Å²) in [7, 11) is 0. The number of nitrogens with two attached hydrogens (primary N) is 1. The maximum atomic E-state index is 12.6. The van der Waals surface area contributed by atoms with Crippen molar-refractivity contribution in [2.24, 2.45) is 0 Å². The molecular formula is C27H29FN6O2S. The molecule has 2 aromatic heterocycles. The molecule has 5 rings (SSSR count). The highest BCUT2D eigenvalue weighted by atomic mass is 32.2. The molecule has 2 unspecified atom stereocenters. The van der Waals surface area contributed by atoms with Crippen LogP contribution in [-0.2, 0) is 11.3 Å². The first-order valence-electron chi connectivity index (χ1n) is 12.3. The molecule has 0 aliphatic carbocycles. The van der Waals surface area contributed by atoms with E-state index in [-0.39, 0.29) is 23.6 Å². The second kappa shape index (κ2) is 11.8. The Hall–Kier alpha value is -3.34. The van der Waals surface area contributed by atoms with E-state index in [0.717, 1.165) is 42.2 Å². The lowest BCUT2D eigenvalue weighted by Crippen LogP contribution is -2.28. The molecule has 2 atom stereocenters. The summed E-state index contributed by atoms with van der Waals surface area (Å²) in [4.78, 5) is 10.0. The van der Waals surface area contributed by atoms with Gasteiger partial charge < -0.3 is 20.2 Å². The first-order valence-corrected chi connectivity index (χ1v) is 13.2. The van der Waals surface area contributed by atoms with Crippen molar-refractivity contribution in [1.82, 2.24) is 25.5 Å². The number of anilines is 1. The van der Waals surface area contributed by atoms with Crippen LogP contribution in [0.4, 0.5) is 10.2 Å². The highest BCUT2D eigenvalue weighted by Crippen LogP contribution is 2.30. The largest absolute Gasteiger partial charge is 0.414 e. The van der Waals surface area contributed by atoms with Crippen LogP contribution in [0, 0.1) is 0 Å². The van der Waals surface area contributed by atoms with Crippen LogP contribution in [0.1, 0.15) is 25.3 Å². The predicted octanol–water partition coefficient (Wildman–Crippen LogP) is 5.16. The molecular weight excluding hydrogens is 491 g/mol. The third-order valence-corrected chi connectivity index (χ3v) is 7.34. The van der Waals surface area contributed by atoms with E-state index < -0.39 is 0 Å². The van der Waals surface area contributed by atoms with Gasteiger partial charge in [-0.1, -0.05) is 31.2 Å². The summed E-state index contributed by atoms with van der Waals surface area (Å²) in [5, 5.41) is 12.1. The van der Waals surface area contributed by atoms with Gasteiger partial charge >= 0.3 is 0 Å². The molecule has 192 valence electrons. The number of nitrogen functional groups attached to an aromatic ring is 1. The van der Waals surface area contributed by atoms with Gasteiger partial charge in [0.25, 0.3) is 5.89 Å². The predicted molar refractivity (Wildman–Crippen MR) is 143 cm³/mol. The molecule has 0 spiro atoms. The second-order valence-electron chi connectivity index (χ2n) is 8.97. The fourth-order valence-corrected chi connectivity index (χ4v) is 4.97. The minimum absolute atomic E-state index is 0.209. The van der Waals surface area contributed by atoms with Crippen molar-refractivity contribution in [3.05, 3.63) is 60.3 Å². The molecule has 8 nitrogen and oxygen atoms in total. The van der Waals surface area contributed by atoms with E-state index in [1.807, 2.05) is 55.5 Å². The summed E-state index contributed by atoms with van der Waals surface area (Å²) in [5.74, 6) is 0.804. The van der Waals surface area contributed by atoms with Crippen LogP contribution in [0.3, 0.4) is 0 Å². The van der Waals surface area contributed by atoms with Crippen molar-refractivity contribution in [1.29, 1.82) is 0 Å². The van der Waals surface area contributed by atoms with Crippen LogP contribution in [0.2, 0.25) is 0 Å². The molecule has 4 aromatic rings. The third-order valence-electron chi connectivity index (χ3n) is 6.16. The first-order chi connectivity index (χ1) is 18.1. The van der Waals surface area contributed by atoms with Gasteiger partial charge in [-0.15, -0.1) is 22.0 Å². The molecule has 10 heteroatoms. The summed E-state index contributed by atoms with van der Waals surface area (Å²) in [6.07, 6.45) is 3.19. The maximum Gasteiger partial charge on any atom is 0.270 e. The fourth-order valence-electron chi connectivity index (χ4n) is 4.00. The van der Waals surface area contributed by atoms with Gasteiger partial charge in [0.15, 0.2) is 11.5 Å². The lowest BCUT2D eigenvalue weighted by Gasteiger charge is -2.10. The van der Waals surface area contributed by atoms with Crippen molar-refractivity contribution in [3.63, 3.8) is 0 Å². The lowest BCUT2D eigenvalue weighted by atomic mass is 10.1. The molecule has 1 saturated heterocycles. The van der Waals surface area contributed by atoms with E-state index in [4.69, 9.17) is 14.9 Å². The van der Waals surface area contributed by atoms with Crippen LogP contribution < -0.4 is 11.1 Å². The maximum absolute atomic E-state index is 12.6. The smallest absolute Gasteiger partial charge is 0.270 e. The van der Waals surface area contributed by atoms with Gasteiger partial charge in [0, 0.05) is 40.5 Å².